The van der Waals surface area contributed by atoms with E-state index in [0.717, 1.165) is 34.9 Å². The second-order valence-electron chi connectivity index (χ2n) is 3.63. The summed E-state index contributed by atoms with van der Waals surface area (Å²) < 4.78 is 3.12. The van der Waals surface area contributed by atoms with Crippen LogP contribution in [0.15, 0.2) is 28.7 Å². The number of benzene rings is 1. The molecule has 0 fully saturated rings. The van der Waals surface area contributed by atoms with Crippen LogP contribution in [0.25, 0.3) is 11.4 Å². The Hall–Kier alpha value is -1.36. The molecule has 17 heavy (non-hydrogen) atoms. The Morgan fingerprint density at radius 2 is 2.12 bits per heavy atom. The van der Waals surface area contributed by atoms with Crippen LogP contribution in [0, 0.1) is 0 Å². The van der Waals surface area contributed by atoms with Crippen LogP contribution in [-0.2, 0) is 6.54 Å². The highest BCUT2D eigenvalue weighted by Gasteiger charge is 2.11. The Morgan fingerprint density at radius 3 is 2.76 bits per heavy atom. The molecule has 0 bridgehead atoms. The summed E-state index contributed by atoms with van der Waals surface area (Å²) >= 11 is 3.47. The van der Waals surface area contributed by atoms with Crippen LogP contribution in [0.2, 0.25) is 0 Å². The van der Waals surface area contributed by atoms with Gasteiger partial charge in [-0.1, -0.05) is 28.1 Å². The van der Waals surface area contributed by atoms with Crippen molar-refractivity contribution in [3.63, 3.8) is 0 Å². The molecule has 0 aliphatic rings. The van der Waals surface area contributed by atoms with Gasteiger partial charge in [0.15, 0.2) is 5.82 Å². The van der Waals surface area contributed by atoms with Gasteiger partial charge in [-0.05, 0) is 26.0 Å². The van der Waals surface area contributed by atoms with Gasteiger partial charge >= 0.3 is 0 Å². The first-order valence-corrected chi connectivity index (χ1v) is 6.48. The number of anilines is 1. The van der Waals surface area contributed by atoms with E-state index in [2.05, 4.69) is 42.9 Å². The molecule has 5 heteroatoms. The standard InChI is InChI=1S/C12H15BrN4/c1-3-14-12-16-15-11(17(12)4-2)9-6-5-7-10(13)8-9/h5-8H,3-4H2,1-2H3,(H,14,16). The Labute approximate surface area is 109 Å². The van der Waals surface area contributed by atoms with Crippen LogP contribution < -0.4 is 5.32 Å². The second kappa shape index (κ2) is 5.31. The van der Waals surface area contributed by atoms with Gasteiger partial charge in [-0.3, -0.25) is 4.57 Å². The van der Waals surface area contributed by atoms with Crippen LogP contribution in [0.4, 0.5) is 5.95 Å². The van der Waals surface area contributed by atoms with E-state index in [0.29, 0.717) is 0 Å². The van der Waals surface area contributed by atoms with Crippen molar-refractivity contribution in [3.8, 4) is 11.4 Å². The predicted octanol–water partition coefficient (Wildman–Crippen LogP) is 3.16. The molecule has 0 saturated heterocycles. The number of halogens is 1. The van der Waals surface area contributed by atoms with E-state index < -0.39 is 0 Å². The van der Waals surface area contributed by atoms with Crippen molar-refractivity contribution < 1.29 is 0 Å². The monoisotopic (exact) mass is 294 g/mol. The van der Waals surface area contributed by atoms with Crippen LogP contribution in [0.5, 0.6) is 0 Å². The van der Waals surface area contributed by atoms with Crippen LogP contribution in [0.1, 0.15) is 13.8 Å². The van der Waals surface area contributed by atoms with Crippen LogP contribution >= 0.6 is 15.9 Å². The summed E-state index contributed by atoms with van der Waals surface area (Å²) in [6.07, 6.45) is 0. The van der Waals surface area contributed by atoms with Gasteiger partial charge < -0.3 is 5.32 Å². The van der Waals surface area contributed by atoms with Gasteiger partial charge in [-0.15, -0.1) is 10.2 Å². The molecule has 0 spiro atoms. The summed E-state index contributed by atoms with van der Waals surface area (Å²) in [6.45, 7) is 5.83. The largest absolute Gasteiger partial charge is 0.355 e. The van der Waals surface area contributed by atoms with Crippen molar-refractivity contribution >= 4 is 21.9 Å². The molecule has 2 rings (SSSR count). The predicted molar refractivity (Wildman–Crippen MR) is 73.0 cm³/mol. The van der Waals surface area contributed by atoms with Crippen LogP contribution in [-0.4, -0.2) is 21.3 Å². The Balaban J connectivity index is 2.45. The minimum Gasteiger partial charge on any atom is -0.355 e. The first-order chi connectivity index (χ1) is 8.26. The van der Waals surface area contributed by atoms with Gasteiger partial charge in [0.2, 0.25) is 5.95 Å². The molecule has 0 aliphatic heterocycles. The van der Waals surface area contributed by atoms with Gasteiger partial charge in [0, 0.05) is 23.1 Å². The van der Waals surface area contributed by atoms with E-state index in [9.17, 15) is 0 Å². The van der Waals surface area contributed by atoms with Gasteiger partial charge in [0.05, 0.1) is 0 Å². The zero-order chi connectivity index (χ0) is 12.3. The van der Waals surface area contributed by atoms with Crippen LogP contribution in [0.3, 0.4) is 0 Å². The lowest BCUT2D eigenvalue weighted by Crippen LogP contribution is -2.06. The van der Waals surface area contributed by atoms with Crippen molar-refractivity contribution in [1.82, 2.24) is 14.8 Å². The fraction of sp³-hybridized carbons (Fsp3) is 0.333. The highest BCUT2D eigenvalue weighted by molar-refractivity contribution is 9.10. The highest BCUT2D eigenvalue weighted by atomic mass is 79.9. The third-order valence-corrected chi connectivity index (χ3v) is 2.98. The first-order valence-electron chi connectivity index (χ1n) is 5.69. The maximum Gasteiger partial charge on any atom is 0.224 e. The summed E-state index contributed by atoms with van der Waals surface area (Å²) in [4.78, 5) is 0. The summed E-state index contributed by atoms with van der Waals surface area (Å²) in [6, 6.07) is 8.09. The minimum atomic E-state index is 0.824. The van der Waals surface area contributed by atoms with E-state index in [1.54, 1.807) is 0 Å². The molecule has 4 nitrogen and oxygen atoms in total. The topological polar surface area (TPSA) is 42.7 Å². The number of hydrogen-bond donors (Lipinski definition) is 1. The van der Waals surface area contributed by atoms with Gasteiger partial charge in [-0.2, -0.15) is 0 Å². The maximum atomic E-state index is 4.25. The van der Waals surface area contributed by atoms with Crippen molar-refractivity contribution in [2.24, 2.45) is 0 Å². The first kappa shape index (κ1) is 12.1. The number of aromatic nitrogens is 3. The lowest BCUT2D eigenvalue weighted by atomic mass is 10.2. The molecule has 1 aromatic heterocycles. The van der Waals surface area contributed by atoms with Crippen molar-refractivity contribution in [3.05, 3.63) is 28.7 Å². The highest BCUT2D eigenvalue weighted by Crippen LogP contribution is 2.23. The zero-order valence-electron chi connectivity index (χ0n) is 9.94. The summed E-state index contributed by atoms with van der Waals surface area (Å²) in [7, 11) is 0. The molecule has 0 unspecified atom stereocenters. The molecule has 0 amide bonds. The molecule has 1 aromatic carbocycles. The molecule has 90 valence electrons. The van der Waals surface area contributed by atoms with E-state index in [4.69, 9.17) is 0 Å². The minimum absolute atomic E-state index is 0.824. The quantitative estimate of drug-likeness (QED) is 0.942. The van der Waals surface area contributed by atoms with E-state index >= 15 is 0 Å². The van der Waals surface area contributed by atoms with Gasteiger partial charge in [0.25, 0.3) is 0 Å². The molecular formula is C12H15BrN4. The number of nitrogens with zero attached hydrogens (tertiary/aromatic N) is 3. The lowest BCUT2D eigenvalue weighted by Gasteiger charge is -2.08. The average Bonchev–Trinajstić information content (AvgIpc) is 2.72. The molecule has 0 radical (unpaired) electrons. The number of nitrogens with one attached hydrogen (secondary N) is 1. The van der Waals surface area contributed by atoms with Gasteiger partial charge in [0.1, 0.15) is 0 Å². The number of rotatable bonds is 4. The molecule has 2 aromatic rings. The fourth-order valence-corrected chi connectivity index (χ4v) is 2.13. The normalized spacial score (nSPS) is 10.5. The smallest absolute Gasteiger partial charge is 0.224 e. The van der Waals surface area contributed by atoms with E-state index in [1.165, 1.54) is 0 Å². The zero-order valence-corrected chi connectivity index (χ0v) is 11.5. The molecular weight excluding hydrogens is 280 g/mol. The average molecular weight is 295 g/mol. The Kier molecular flexibility index (Phi) is 3.78. The van der Waals surface area contributed by atoms with Crippen molar-refractivity contribution in [2.75, 3.05) is 11.9 Å². The van der Waals surface area contributed by atoms with Gasteiger partial charge in [-0.25, -0.2) is 0 Å². The Bertz CT molecular complexity index is 507. The van der Waals surface area contributed by atoms with Crippen molar-refractivity contribution in [1.29, 1.82) is 0 Å². The third-order valence-electron chi connectivity index (χ3n) is 2.48. The third kappa shape index (κ3) is 2.49. The van der Waals surface area contributed by atoms with E-state index in [1.807, 2.05) is 31.2 Å². The maximum absolute atomic E-state index is 4.25. The number of hydrogen-bond acceptors (Lipinski definition) is 3. The second-order valence-corrected chi connectivity index (χ2v) is 4.55. The molecule has 1 N–H and O–H groups in total. The summed E-state index contributed by atoms with van der Waals surface area (Å²) in [5.74, 6) is 1.72. The Morgan fingerprint density at radius 1 is 1.29 bits per heavy atom. The molecule has 0 aliphatic carbocycles. The summed E-state index contributed by atoms with van der Waals surface area (Å²) in [5, 5.41) is 11.6. The van der Waals surface area contributed by atoms with E-state index in [-0.39, 0.29) is 0 Å². The lowest BCUT2D eigenvalue weighted by molar-refractivity contribution is 0.770. The molecule has 1 heterocycles. The molecule has 0 atom stereocenters. The summed E-state index contributed by atoms with van der Waals surface area (Å²) in [5.41, 5.74) is 1.07. The van der Waals surface area contributed by atoms with Crippen molar-refractivity contribution in [2.45, 2.75) is 20.4 Å². The molecule has 0 saturated carbocycles. The fourth-order valence-electron chi connectivity index (χ4n) is 1.73. The SMILES string of the molecule is CCNc1nnc(-c2cccc(Br)c2)n1CC.